The van der Waals surface area contributed by atoms with Crippen LogP contribution in [0.5, 0.6) is 0 Å². The van der Waals surface area contributed by atoms with Crippen LogP contribution >= 0.6 is 15.9 Å². The average molecular weight is 329 g/mol. The number of hydrogen-bond acceptors (Lipinski definition) is 2. The molecule has 2 rings (SSSR count). The molecule has 1 aliphatic rings. The first-order valence-electron chi connectivity index (χ1n) is 6.94. The third-order valence-corrected chi connectivity index (χ3v) is 4.40. The topological polar surface area (TPSA) is 6.48 Å². The summed E-state index contributed by atoms with van der Waals surface area (Å²) in [4.78, 5) is 4.91. The summed E-state index contributed by atoms with van der Waals surface area (Å²) in [6.45, 7) is 10.9. The smallest absolute Gasteiger partial charge is 0.137 e. The summed E-state index contributed by atoms with van der Waals surface area (Å²) in [5, 5.41) is 0. The van der Waals surface area contributed by atoms with Crippen molar-refractivity contribution >= 4 is 15.9 Å². The van der Waals surface area contributed by atoms with E-state index in [2.05, 4.69) is 39.6 Å². The molecular weight excluding hydrogens is 307 g/mol. The Balaban J connectivity index is 1.87. The minimum Gasteiger partial charge on any atom is -0.301 e. The van der Waals surface area contributed by atoms with Crippen LogP contribution in [0.15, 0.2) is 22.7 Å². The molecule has 1 aliphatic heterocycles. The fraction of sp³-hybridized carbons (Fsp3) is 0.600. The van der Waals surface area contributed by atoms with Gasteiger partial charge in [0.1, 0.15) is 5.82 Å². The van der Waals surface area contributed by atoms with Gasteiger partial charge in [0, 0.05) is 39.3 Å². The van der Waals surface area contributed by atoms with Crippen LogP contribution in [0.3, 0.4) is 0 Å². The normalized spacial score (nSPS) is 18.2. The zero-order valence-corrected chi connectivity index (χ0v) is 13.3. The Morgan fingerprint density at radius 1 is 1.16 bits per heavy atom. The lowest BCUT2D eigenvalue weighted by Gasteiger charge is -2.35. The maximum absolute atomic E-state index is 13.5. The first-order valence-corrected chi connectivity index (χ1v) is 7.73. The van der Waals surface area contributed by atoms with Gasteiger partial charge in [-0.2, -0.15) is 0 Å². The van der Waals surface area contributed by atoms with Gasteiger partial charge in [0.2, 0.25) is 0 Å². The van der Waals surface area contributed by atoms with Gasteiger partial charge in [0.25, 0.3) is 0 Å². The molecule has 1 saturated heterocycles. The van der Waals surface area contributed by atoms with Crippen molar-refractivity contribution in [3.63, 3.8) is 0 Å². The number of hydrogen-bond donors (Lipinski definition) is 0. The minimum atomic E-state index is -0.170. The molecule has 19 heavy (non-hydrogen) atoms. The lowest BCUT2D eigenvalue weighted by molar-refractivity contribution is 0.117. The second-order valence-electron chi connectivity index (χ2n) is 5.68. The van der Waals surface area contributed by atoms with E-state index in [0.29, 0.717) is 4.47 Å². The SMILES string of the molecule is CC(C)CN1CCN(Cc2cccc(F)c2Br)CC1. The Labute approximate surface area is 123 Å². The highest BCUT2D eigenvalue weighted by atomic mass is 79.9. The highest BCUT2D eigenvalue weighted by Crippen LogP contribution is 2.22. The van der Waals surface area contributed by atoms with E-state index in [1.165, 1.54) is 12.6 Å². The third kappa shape index (κ3) is 4.26. The Morgan fingerprint density at radius 2 is 1.79 bits per heavy atom. The summed E-state index contributed by atoms with van der Waals surface area (Å²) in [5.41, 5.74) is 1.04. The molecule has 0 radical (unpaired) electrons. The van der Waals surface area contributed by atoms with E-state index in [1.54, 1.807) is 6.07 Å². The Morgan fingerprint density at radius 3 is 2.42 bits per heavy atom. The molecule has 0 unspecified atom stereocenters. The van der Waals surface area contributed by atoms with Crippen molar-refractivity contribution in [1.29, 1.82) is 0 Å². The number of rotatable bonds is 4. The van der Waals surface area contributed by atoms with Crippen molar-refractivity contribution < 1.29 is 4.39 Å². The number of halogens is 2. The highest BCUT2D eigenvalue weighted by molar-refractivity contribution is 9.10. The predicted octanol–water partition coefficient (Wildman–Crippen LogP) is 3.36. The summed E-state index contributed by atoms with van der Waals surface area (Å²) in [5.74, 6) is 0.555. The molecule has 0 aromatic heterocycles. The van der Waals surface area contributed by atoms with Crippen LogP contribution in [0.1, 0.15) is 19.4 Å². The van der Waals surface area contributed by atoms with Crippen LogP contribution in [-0.4, -0.2) is 42.5 Å². The summed E-state index contributed by atoms with van der Waals surface area (Å²) in [6.07, 6.45) is 0. The van der Waals surface area contributed by atoms with E-state index in [-0.39, 0.29) is 5.82 Å². The van der Waals surface area contributed by atoms with E-state index in [9.17, 15) is 4.39 Å². The molecule has 0 bridgehead atoms. The summed E-state index contributed by atoms with van der Waals surface area (Å²) >= 11 is 3.34. The Bertz CT molecular complexity index is 415. The van der Waals surface area contributed by atoms with E-state index >= 15 is 0 Å². The van der Waals surface area contributed by atoms with Crippen molar-refractivity contribution in [1.82, 2.24) is 9.80 Å². The molecule has 0 amide bonds. The first kappa shape index (κ1) is 14.9. The molecule has 0 aliphatic carbocycles. The summed E-state index contributed by atoms with van der Waals surface area (Å²) in [7, 11) is 0. The summed E-state index contributed by atoms with van der Waals surface area (Å²) < 4.78 is 14.1. The van der Waals surface area contributed by atoms with Gasteiger partial charge in [0.15, 0.2) is 0 Å². The van der Waals surface area contributed by atoms with Crippen LogP contribution in [-0.2, 0) is 6.54 Å². The Kier molecular flexibility index (Phi) is 5.37. The molecule has 1 heterocycles. The van der Waals surface area contributed by atoms with Gasteiger partial charge in [0.05, 0.1) is 4.47 Å². The van der Waals surface area contributed by atoms with Crippen molar-refractivity contribution in [3.05, 3.63) is 34.1 Å². The fourth-order valence-electron chi connectivity index (χ4n) is 2.56. The van der Waals surface area contributed by atoms with E-state index in [0.717, 1.165) is 44.2 Å². The van der Waals surface area contributed by atoms with Crippen molar-refractivity contribution in [3.8, 4) is 0 Å². The van der Waals surface area contributed by atoms with Gasteiger partial charge in [-0.25, -0.2) is 4.39 Å². The van der Waals surface area contributed by atoms with Gasteiger partial charge in [-0.05, 0) is 33.5 Å². The van der Waals surface area contributed by atoms with E-state index < -0.39 is 0 Å². The van der Waals surface area contributed by atoms with Crippen molar-refractivity contribution in [2.24, 2.45) is 5.92 Å². The zero-order valence-electron chi connectivity index (χ0n) is 11.7. The molecular formula is C15H22BrFN2. The number of piperazine rings is 1. The standard InChI is InChI=1S/C15H22BrFN2/c1-12(2)10-18-6-8-19(9-7-18)11-13-4-3-5-14(17)15(13)16/h3-5,12H,6-11H2,1-2H3. The lowest BCUT2D eigenvalue weighted by Crippen LogP contribution is -2.46. The molecule has 0 saturated carbocycles. The maximum atomic E-state index is 13.5. The summed E-state index contributed by atoms with van der Waals surface area (Å²) in [6, 6.07) is 5.27. The quantitative estimate of drug-likeness (QED) is 0.836. The second-order valence-corrected chi connectivity index (χ2v) is 6.48. The van der Waals surface area contributed by atoms with Gasteiger partial charge in [-0.3, -0.25) is 4.90 Å². The predicted molar refractivity (Wildman–Crippen MR) is 80.7 cm³/mol. The van der Waals surface area contributed by atoms with Gasteiger partial charge in [-0.15, -0.1) is 0 Å². The molecule has 4 heteroatoms. The van der Waals surface area contributed by atoms with Crippen molar-refractivity contribution in [2.75, 3.05) is 32.7 Å². The van der Waals surface area contributed by atoms with E-state index in [4.69, 9.17) is 0 Å². The monoisotopic (exact) mass is 328 g/mol. The van der Waals surface area contributed by atoms with Gasteiger partial charge >= 0.3 is 0 Å². The molecule has 0 atom stereocenters. The molecule has 0 spiro atoms. The highest BCUT2D eigenvalue weighted by Gasteiger charge is 2.18. The second kappa shape index (κ2) is 6.82. The number of nitrogens with zero attached hydrogens (tertiary/aromatic N) is 2. The maximum Gasteiger partial charge on any atom is 0.137 e. The third-order valence-electron chi connectivity index (χ3n) is 3.51. The van der Waals surface area contributed by atoms with Crippen LogP contribution in [0, 0.1) is 11.7 Å². The molecule has 1 aromatic carbocycles. The zero-order chi connectivity index (χ0) is 13.8. The van der Waals surface area contributed by atoms with Crippen LogP contribution in [0.25, 0.3) is 0 Å². The average Bonchev–Trinajstić information content (AvgIpc) is 2.37. The van der Waals surface area contributed by atoms with Crippen LogP contribution in [0.2, 0.25) is 0 Å². The molecule has 2 nitrogen and oxygen atoms in total. The fourth-order valence-corrected chi connectivity index (χ4v) is 2.95. The van der Waals surface area contributed by atoms with Gasteiger partial charge in [-0.1, -0.05) is 26.0 Å². The Hall–Kier alpha value is -0.450. The largest absolute Gasteiger partial charge is 0.301 e. The molecule has 1 fully saturated rings. The lowest BCUT2D eigenvalue weighted by atomic mass is 10.1. The molecule has 106 valence electrons. The first-order chi connectivity index (χ1) is 9.06. The minimum absolute atomic E-state index is 0.170. The van der Waals surface area contributed by atoms with Crippen molar-refractivity contribution in [2.45, 2.75) is 20.4 Å². The van der Waals surface area contributed by atoms with Gasteiger partial charge < -0.3 is 4.90 Å². The van der Waals surface area contributed by atoms with Crippen LogP contribution < -0.4 is 0 Å². The number of benzene rings is 1. The molecule has 0 N–H and O–H groups in total. The van der Waals surface area contributed by atoms with Crippen LogP contribution in [0.4, 0.5) is 4.39 Å². The molecule has 1 aromatic rings. The van der Waals surface area contributed by atoms with E-state index in [1.807, 2.05) is 6.07 Å².